The maximum absolute atomic E-state index is 12.8. The van der Waals surface area contributed by atoms with Gasteiger partial charge in [0, 0.05) is 5.38 Å². The van der Waals surface area contributed by atoms with Gasteiger partial charge in [0.1, 0.15) is 11.5 Å². The topological polar surface area (TPSA) is 85.1 Å². The number of carbonyl (C=O) groups is 2. The van der Waals surface area contributed by atoms with Gasteiger partial charge in [-0.25, -0.2) is 9.37 Å². The van der Waals surface area contributed by atoms with Gasteiger partial charge in [0.15, 0.2) is 5.01 Å². The van der Waals surface area contributed by atoms with Crippen molar-refractivity contribution in [3.63, 3.8) is 0 Å². The van der Waals surface area contributed by atoms with E-state index in [1.165, 1.54) is 17.5 Å². The summed E-state index contributed by atoms with van der Waals surface area (Å²) in [6, 6.07) is 5.53. The van der Waals surface area contributed by atoms with Gasteiger partial charge in [-0.1, -0.05) is 12.1 Å². The van der Waals surface area contributed by atoms with Crippen molar-refractivity contribution in [3.8, 4) is 0 Å². The quantitative estimate of drug-likeness (QED) is 0.902. The maximum Gasteiger partial charge on any atom is 0.277 e. The Morgan fingerprint density at radius 3 is 2.55 bits per heavy atom. The number of carbonyl (C=O) groups excluding carboxylic acids is 2. The number of primary amides is 1. The molecule has 1 atom stereocenters. The first-order valence-corrected chi connectivity index (χ1v) is 6.67. The number of hydrogen-bond acceptors (Lipinski definition) is 4. The molecule has 0 bridgehead atoms. The smallest absolute Gasteiger partial charge is 0.277 e. The molecule has 5 nitrogen and oxygen atoms in total. The summed E-state index contributed by atoms with van der Waals surface area (Å²) in [5, 5.41) is 4.27. The van der Waals surface area contributed by atoms with Gasteiger partial charge < -0.3 is 11.1 Å². The molecule has 0 aliphatic rings. The Balaban J connectivity index is 2.06. The summed E-state index contributed by atoms with van der Waals surface area (Å²) in [6.07, 6.45) is 0. The second-order valence-corrected chi connectivity index (χ2v) is 5.01. The number of nitrogens with two attached hydrogens (primary N) is 1. The number of aromatic nitrogens is 1. The standard InChI is InChI=1S/C13H12FN3O2S/c1-7(8-2-4-9(14)5-3-8)16-12(19)10-6-20-13(17-10)11(15)18/h2-7H,1H3,(H2,15,18)(H,16,19)/t7-/m1/s1. The average Bonchev–Trinajstić information content (AvgIpc) is 2.89. The van der Waals surface area contributed by atoms with E-state index in [-0.39, 0.29) is 22.6 Å². The number of nitrogens with zero attached hydrogens (tertiary/aromatic N) is 1. The van der Waals surface area contributed by atoms with E-state index in [0.717, 1.165) is 16.9 Å². The maximum atomic E-state index is 12.8. The van der Waals surface area contributed by atoms with Crippen molar-refractivity contribution in [3.05, 3.63) is 51.7 Å². The van der Waals surface area contributed by atoms with Crippen molar-refractivity contribution >= 4 is 23.2 Å². The normalized spacial score (nSPS) is 11.9. The third-order valence-corrected chi connectivity index (χ3v) is 3.52. The third kappa shape index (κ3) is 3.18. The van der Waals surface area contributed by atoms with Gasteiger partial charge in [0.2, 0.25) is 0 Å². The van der Waals surface area contributed by atoms with E-state index >= 15 is 0 Å². The third-order valence-electron chi connectivity index (χ3n) is 2.67. The van der Waals surface area contributed by atoms with E-state index in [0.29, 0.717) is 0 Å². The van der Waals surface area contributed by atoms with E-state index in [1.54, 1.807) is 19.1 Å². The molecule has 0 aliphatic heterocycles. The van der Waals surface area contributed by atoms with Crippen LogP contribution in [-0.2, 0) is 0 Å². The molecule has 0 aliphatic carbocycles. The van der Waals surface area contributed by atoms with Crippen LogP contribution in [0.5, 0.6) is 0 Å². The van der Waals surface area contributed by atoms with Crippen LogP contribution in [0.25, 0.3) is 0 Å². The Kier molecular flexibility index (Phi) is 4.09. The molecule has 1 aromatic carbocycles. The van der Waals surface area contributed by atoms with Crippen molar-refractivity contribution in [2.24, 2.45) is 5.73 Å². The molecule has 3 N–H and O–H groups in total. The Bertz CT molecular complexity index is 639. The van der Waals surface area contributed by atoms with Crippen LogP contribution < -0.4 is 11.1 Å². The number of halogens is 1. The highest BCUT2D eigenvalue weighted by Gasteiger charge is 2.16. The van der Waals surface area contributed by atoms with Crippen LogP contribution in [0.2, 0.25) is 0 Å². The highest BCUT2D eigenvalue weighted by atomic mass is 32.1. The van der Waals surface area contributed by atoms with Crippen LogP contribution >= 0.6 is 11.3 Å². The first-order chi connectivity index (χ1) is 9.47. The van der Waals surface area contributed by atoms with Gasteiger partial charge in [-0.3, -0.25) is 9.59 Å². The van der Waals surface area contributed by atoms with E-state index in [9.17, 15) is 14.0 Å². The van der Waals surface area contributed by atoms with Crippen LogP contribution in [0.1, 0.15) is 38.8 Å². The molecule has 2 amide bonds. The number of thiazole rings is 1. The fourth-order valence-electron chi connectivity index (χ4n) is 1.60. The summed E-state index contributed by atoms with van der Waals surface area (Å²) < 4.78 is 12.8. The van der Waals surface area contributed by atoms with E-state index in [2.05, 4.69) is 10.3 Å². The van der Waals surface area contributed by atoms with Crippen LogP contribution in [0, 0.1) is 5.82 Å². The first-order valence-electron chi connectivity index (χ1n) is 5.79. The van der Waals surface area contributed by atoms with Gasteiger partial charge in [0.25, 0.3) is 11.8 Å². The molecule has 0 saturated heterocycles. The number of benzene rings is 1. The number of nitrogens with one attached hydrogen (secondary N) is 1. The van der Waals surface area contributed by atoms with Crippen LogP contribution in [0.3, 0.4) is 0 Å². The summed E-state index contributed by atoms with van der Waals surface area (Å²) in [7, 11) is 0. The summed E-state index contributed by atoms with van der Waals surface area (Å²) in [4.78, 5) is 26.7. The minimum Gasteiger partial charge on any atom is -0.364 e. The van der Waals surface area contributed by atoms with E-state index in [1.807, 2.05) is 0 Å². The SMILES string of the molecule is C[C@@H](NC(=O)c1csc(C(N)=O)n1)c1ccc(F)cc1. The second kappa shape index (κ2) is 5.79. The van der Waals surface area contributed by atoms with Crippen molar-refractivity contribution in [1.29, 1.82) is 0 Å². The largest absolute Gasteiger partial charge is 0.364 e. The van der Waals surface area contributed by atoms with Gasteiger partial charge in [-0.15, -0.1) is 11.3 Å². The Morgan fingerprint density at radius 1 is 1.35 bits per heavy atom. The molecule has 0 spiro atoms. The van der Waals surface area contributed by atoms with E-state index in [4.69, 9.17) is 5.73 Å². The molecule has 20 heavy (non-hydrogen) atoms. The number of rotatable bonds is 4. The zero-order chi connectivity index (χ0) is 14.7. The summed E-state index contributed by atoms with van der Waals surface area (Å²) in [5.41, 5.74) is 5.98. The van der Waals surface area contributed by atoms with Crippen LogP contribution in [-0.4, -0.2) is 16.8 Å². The van der Waals surface area contributed by atoms with Gasteiger partial charge >= 0.3 is 0 Å². The second-order valence-electron chi connectivity index (χ2n) is 4.15. The molecule has 1 aromatic heterocycles. The predicted molar refractivity (Wildman–Crippen MR) is 72.9 cm³/mol. The monoisotopic (exact) mass is 293 g/mol. The molecule has 2 aromatic rings. The lowest BCUT2D eigenvalue weighted by Gasteiger charge is -2.13. The van der Waals surface area contributed by atoms with Crippen molar-refractivity contribution in [1.82, 2.24) is 10.3 Å². The zero-order valence-electron chi connectivity index (χ0n) is 10.6. The molecule has 104 valence electrons. The molecule has 0 unspecified atom stereocenters. The van der Waals surface area contributed by atoms with Gasteiger partial charge in [0.05, 0.1) is 6.04 Å². The zero-order valence-corrected chi connectivity index (χ0v) is 11.4. The van der Waals surface area contributed by atoms with Gasteiger partial charge in [-0.2, -0.15) is 0 Å². The molecule has 2 rings (SSSR count). The lowest BCUT2D eigenvalue weighted by molar-refractivity contribution is 0.0935. The average molecular weight is 293 g/mol. The fourth-order valence-corrected chi connectivity index (χ4v) is 2.25. The molecule has 0 fully saturated rings. The van der Waals surface area contributed by atoms with Crippen molar-refractivity contribution < 1.29 is 14.0 Å². The molecule has 0 saturated carbocycles. The minimum atomic E-state index is -0.666. The number of hydrogen-bond donors (Lipinski definition) is 2. The Labute approximate surface area is 118 Å². The summed E-state index contributed by atoms with van der Waals surface area (Å²) in [5.74, 6) is -1.41. The van der Waals surface area contributed by atoms with Crippen molar-refractivity contribution in [2.75, 3.05) is 0 Å². The molecule has 7 heteroatoms. The molecule has 1 heterocycles. The molecular weight excluding hydrogens is 281 g/mol. The number of amides is 2. The highest BCUT2D eigenvalue weighted by Crippen LogP contribution is 2.15. The molecule has 0 radical (unpaired) electrons. The lowest BCUT2D eigenvalue weighted by atomic mass is 10.1. The van der Waals surface area contributed by atoms with Gasteiger partial charge in [-0.05, 0) is 24.6 Å². The van der Waals surface area contributed by atoms with Crippen molar-refractivity contribution in [2.45, 2.75) is 13.0 Å². The highest BCUT2D eigenvalue weighted by molar-refractivity contribution is 7.11. The lowest BCUT2D eigenvalue weighted by Crippen LogP contribution is -2.27. The van der Waals surface area contributed by atoms with E-state index < -0.39 is 11.8 Å². The minimum absolute atomic E-state index is 0.0876. The van der Waals surface area contributed by atoms with Crippen LogP contribution in [0.15, 0.2) is 29.6 Å². The predicted octanol–water partition coefficient (Wildman–Crippen LogP) is 1.87. The Morgan fingerprint density at radius 2 is 2.00 bits per heavy atom. The fraction of sp³-hybridized carbons (Fsp3) is 0.154. The summed E-state index contributed by atoms with van der Waals surface area (Å²) >= 11 is 1.01. The summed E-state index contributed by atoms with van der Waals surface area (Å²) in [6.45, 7) is 1.77. The van der Waals surface area contributed by atoms with Crippen LogP contribution in [0.4, 0.5) is 4.39 Å². The molecular formula is C13H12FN3O2S. The first kappa shape index (κ1) is 14.1. The Hall–Kier alpha value is -2.28.